The highest BCUT2D eigenvalue weighted by Gasteiger charge is 2.34. The molecule has 0 saturated carbocycles. The lowest BCUT2D eigenvalue weighted by Crippen LogP contribution is -2.32. The third-order valence-corrected chi connectivity index (χ3v) is 5.24. The molecule has 3 aromatic carbocycles. The van der Waals surface area contributed by atoms with Crippen LogP contribution in [0.4, 0.5) is 10.1 Å². The third-order valence-electron chi connectivity index (χ3n) is 5.24. The molecule has 0 unspecified atom stereocenters. The van der Waals surface area contributed by atoms with E-state index in [-0.39, 0.29) is 24.1 Å². The number of benzene rings is 3. The normalized spacial score (nSPS) is 13.7. The maximum absolute atomic E-state index is 13.5. The first-order chi connectivity index (χ1) is 14.6. The number of halogens is 1. The molecule has 1 N–H and O–H groups in total. The fourth-order valence-electron chi connectivity index (χ4n) is 3.75. The summed E-state index contributed by atoms with van der Waals surface area (Å²) in [4.78, 5) is 27.6. The molecule has 0 saturated heterocycles. The Morgan fingerprint density at radius 3 is 2.50 bits per heavy atom. The van der Waals surface area contributed by atoms with Gasteiger partial charge < -0.3 is 15.0 Å². The number of methoxy groups -OCH3 is 1. The highest BCUT2D eigenvalue weighted by molar-refractivity contribution is 5.99. The molecule has 1 atom stereocenters. The van der Waals surface area contributed by atoms with Crippen molar-refractivity contribution in [2.24, 2.45) is 0 Å². The molecular formula is C24H21FN2O3. The van der Waals surface area contributed by atoms with Gasteiger partial charge in [-0.15, -0.1) is 0 Å². The number of ether oxygens (including phenoxy) is 1. The number of carbonyl (C=O) groups excluding carboxylic acids is 2. The van der Waals surface area contributed by atoms with Gasteiger partial charge in [0.1, 0.15) is 11.6 Å². The summed E-state index contributed by atoms with van der Waals surface area (Å²) in [6.45, 7) is 0.402. The summed E-state index contributed by atoms with van der Waals surface area (Å²) in [5.74, 6) is -0.219. The van der Waals surface area contributed by atoms with Crippen LogP contribution < -0.4 is 10.1 Å². The highest BCUT2D eigenvalue weighted by atomic mass is 19.1. The van der Waals surface area contributed by atoms with Crippen LogP contribution in [-0.4, -0.2) is 23.8 Å². The monoisotopic (exact) mass is 404 g/mol. The number of amides is 2. The van der Waals surface area contributed by atoms with Crippen LogP contribution in [0.15, 0.2) is 72.8 Å². The maximum Gasteiger partial charge on any atom is 0.255 e. The third kappa shape index (κ3) is 3.89. The summed E-state index contributed by atoms with van der Waals surface area (Å²) >= 11 is 0. The zero-order chi connectivity index (χ0) is 21.1. The number of rotatable bonds is 6. The van der Waals surface area contributed by atoms with E-state index in [1.165, 1.54) is 19.2 Å². The Kier molecular flexibility index (Phi) is 5.48. The van der Waals surface area contributed by atoms with Crippen molar-refractivity contribution in [3.63, 3.8) is 0 Å². The van der Waals surface area contributed by atoms with E-state index in [2.05, 4.69) is 5.32 Å². The van der Waals surface area contributed by atoms with Crippen LogP contribution in [0.3, 0.4) is 0 Å². The number of para-hydroxylation sites is 2. The molecule has 1 aliphatic rings. The van der Waals surface area contributed by atoms with E-state index in [0.717, 1.165) is 5.56 Å². The summed E-state index contributed by atoms with van der Waals surface area (Å²) in [5.41, 5.74) is 2.81. The number of nitrogens with one attached hydrogen (secondary N) is 1. The number of nitrogens with zero attached hydrogens (tertiary/aromatic N) is 1. The molecule has 6 heteroatoms. The van der Waals surface area contributed by atoms with Gasteiger partial charge in [-0.3, -0.25) is 9.59 Å². The second-order valence-electron chi connectivity index (χ2n) is 7.11. The van der Waals surface area contributed by atoms with E-state index in [1.54, 1.807) is 41.3 Å². The Morgan fingerprint density at radius 2 is 1.77 bits per heavy atom. The van der Waals surface area contributed by atoms with E-state index in [9.17, 15) is 14.0 Å². The Morgan fingerprint density at radius 1 is 1.07 bits per heavy atom. The van der Waals surface area contributed by atoms with Gasteiger partial charge in [0.05, 0.1) is 25.3 Å². The number of hydrogen-bond acceptors (Lipinski definition) is 3. The molecule has 30 heavy (non-hydrogen) atoms. The minimum absolute atomic E-state index is 0.0312. The molecule has 152 valence electrons. The molecule has 0 radical (unpaired) electrons. The summed E-state index contributed by atoms with van der Waals surface area (Å²) in [6.07, 6.45) is 0.0312. The average molecular weight is 404 g/mol. The second-order valence-corrected chi connectivity index (χ2v) is 7.11. The van der Waals surface area contributed by atoms with Gasteiger partial charge in [0, 0.05) is 12.1 Å². The highest BCUT2D eigenvalue weighted by Crippen LogP contribution is 2.34. The van der Waals surface area contributed by atoms with Crippen LogP contribution in [0.25, 0.3) is 0 Å². The largest absolute Gasteiger partial charge is 0.495 e. The first-order valence-corrected chi connectivity index (χ1v) is 9.64. The smallest absolute Gasteiger partial charge is 0.255 e. The van der Waals surface area contributed by atoms with Gasteiger partial charge in [-0.25, -0.2) is 4.39 Å². The zero-order valence-electron chi connectivity index (χ0n) is 16.5. The van der Waals surface area contributed by atoms with Crippen LogP contribution >= 0.6 is 0 Å². The van der Waals surface area contributed by atoms with Crippen molar-refractivity contribution in [1.82, 2.24) is 4.90 Å². The van der Waals surface area contributed by atoms with Crippen molar-refractivity contribution in [3.8, 4) is 5.75 Å². The molecule has 0 aliphatic carbocycles. The molecule has 1 heterocycles. The molecule has 3 aromatic rings. The predicted octanol–water partition coefficient (Wildman–Crippen LogP) is 4.56. The van der Waals surface area contributed by atoms with Gasteiger partial charge in [0.25, 0.3) is 5.91 Å². The van der Waals surface area contributed by atoms with Crippen LogP contribution in [0.5, 0.6) is 5.75 Å². The molecule has 4 rings (SSSR count). The fourth-order valence-corrected chi connectivity index (χ4v) is 3.75. The molecule has 5 nitrogen and oxygen atoms in total. The van der Waals surface area contributed by atoms with Crippen molar-refractivity contribution < 1.29 is 18.7 Å². The lowest BCUT2D eigenvalue weighted by atomic mass is 10.0. The SMILES string of the molecule is COc1ccccc1NC(=O)C[C@H](c1ccc(F)cc1)N1Cc2ccccc2C1=O. The molecule has 1 aliphatic heterocycles. The predicted molar refractivity (Wildman–Crippen MR) is 112 cm³/mol. The minimum atomic E-state index is -0.528. The van der Waals surface area contributed by atoms with Gasteiger partial charge in [-0.1, -0.05) is 42.5 Å². The molecule has 0 aromatic heterocycles. The Hall–Kier alpha value is -3.67. The first kappa shape index (κ1) is 19.6. The Labute approximate surface area is 174 Å². The standard InChI is InChI=1S/C24H21FN2O3/c1-30-22-9-5-4-8-20(22)26-23(28)14-21(16-10-12-18(25)13-11-16)27-15-17-6-2-3-7-19(17)24(27)29/h2-13,21H,14-15H2,1H3,(H,26,28)/t21-/m1/s1. The van der Waals surface area contributed by atoms with Crippen molar-refractivity contribution in [2.45, 2.75) is 19.0 Å². The van der Waals surface area contributed by atoms with Gasteiger partial charge in [0.2, 0.25) is 5.91 Å². The topological polar surface area (TPSA) is 58.6 Å². The number of fused-ring (bicyclic) bond motifs is 1. The van der Waals surface area contributed by atoms with E-state index in [0.29, 0.717) is 29.1 Å². The Balaban J connectivity index is 1.61. The molecule has 0 spiro atoms. The van der Waals surface area contributed by atoms with Gasteiger partial charge >= 0.3 is 0 Å². The summed E-state index contributed by atoms with van der Waals surface area (Å²) in [6, 6.07) is 19.9. The minimum Gasteiger partial charge on any atom is -0.495 e. The zero-order valence-corrected chi connectivity index (χ0v) is 16.5. The first-order valence-electron chi connectivity index (χ1n) is 9.64. The van der Waals surface area contributed by atoms with Crippen molar-refractivity contribution >= 4 is 17.5 Å². The van der Waals surface area contributed by atoms with Crippen LogP contribution in [0.1, 0.15) is 33.9 Å². The van der Waals surface area contributed by atoms with Gasteiger partial charge in [-0.2, -0.15) is 0 Å². The van der Waals surface area contributed by atoms with Crippen LogP contribution in [-0.2, 0) is 11.3 Å². The quantitative estimate of drug-likeness (QED) is 0.655. The summed E-state index contributed by atoms with van der Waals surface area (Å²) < 4.78 is 18.8. The molecule has 2 amide bonds. The van der Waals surface area contributed by atoms with E-state index < -0.39 is 6.04 Å². The van der Waals surface area contributed by atoms with Crippen molar-refractivity contribution in [2.75, 3.05) is 12.4 Å². The van der Waals surface area contributed by atoms with E-state index in [4.69, 9.17) is 4.74 Å². The summed E-state index contributed by atoms with van der Waals surface area (Å²) in [5, 5.41) is 2.86. The van der Waals surface area contributed by atoms with Crippen LogP contribution in [0, 0.1) is 5.82 Å². The molecular weight excluding hydrogens is 383 g/mol. The van der Waals surface area contributed by atoms with E-state index >= 15 is 0 Å². The van der Waals surface area contributed by atoms with Crippen molar-refractivity contribution in [1.29, 1.82) is 0 Å². The number of anilines is 1. The molecule has 0 fully saturated rings. The van der Waals surface area contributed by atoms with Gasteiger partial charge in [-0.05, 0) is 41.5 Å². The lowest BCUT2D eigenvalue weighted by Gasteiger charge is -2.28. The van der Waals surface area contributed by atoms with Crippen molar-refractivity contribution in [3.05, 3.63) is 95.3 Å². The maximum atomic E-state index is 13.5. The lowest BCUT2D eigenvalue weighted by molar-refractivity contribution is -0.117. The van der Waals surface area contributed by atoms with Gasteiger partial charge in [0.15, 0.2) is 0 Å². The molecule has 0 bridgehead atoms. The number of hydrogen-bond donors (Lipinski definition) is 1. The second kappa shape index (κ2) is 8.37. The summed E-state index contributed by atoms with van der Waals surface area (Å²) in [7, 11) is 1.53. The fraction of sp³-hybridized carbons (Fsp3) is 0.167. The average Bonchev–Trinajstić information content (AvgIpc) is 3.10. The van der Waals surface area contributed by atoms with Crippen LogP contribution in [0.2, 0.25) is 0 Å². The number of carbonyl (C=O) groups is 2. The van der Waals surface area contributed by atoms with E-state index in [1.807, 2.05) is 24.3 Å². The Bertz CT molecular complexity index is 1080.